The number of fused-ring (bicyclic) bond motifs is 1. The quantitative estimate of drug-likeness (QED) is 0.880. The maximum absolute atomic E-state index is 13.2. The lowest BCUT2D eigenvalue weighted by atomic mass is 10.1. The normalized spacial score (nSPS) is 17.5. The van der Waals surface area contributed by atoms with Crippen LogP contribution in [0.2, 0.25) is 0 Å². The van der Waals surface area contributed by atoms with Crippen molar-refractivity contribution >= 4 is 6.03 Å². The Morgan fingerprint density at radius 1 is 1.11 bits per heavy atom. The molecule has 27 heavy (non-hydrogen) atoms. The van der Waals surface area contributed by atoms with Crippen LogP contribution in [0.15, 0.2) is 24.3 Å². The lowest BCUT2D eigenvalue weighted by Gasteiger charge is -2.23. The SMILES string of the molecule is Cc1nc(-c2ccc(F)cc2)nc2c1CCN(C(=O)NC1CCCC1)CC2. The first kappa shape index (κ1) is 17.9. The van der Waals surface area contributed by atoms with E-state index in [1.54, 1.807) is 12.1 Å². The summed E-state index contributed by atoms with van der Waals surface area (Å²) in [4.78, 5) is 23.9. The van der Waals surface area contributed by atoms with E-state index < -0.39 is 0 Å². The van der Waals surface area contributed by atoms with E-state index in [1.807, 2.05) is 11.8 Å². The van der Waals surface area contributed by atoms with Gasteiger partial charge in [-0.15, -0.1) is 0 Å². The van der Waals surface area contributed by atoms with Crippen LogP contribution in [0.1, 0.15) is 42.6 Å². The zero-order chi connectivity index (χ0) is 18.8. The van der Waals surface area contributed by atoms with Crippen LogP contribution in [-0.2, 0) is 12.8 Å². The third-order valence-corrected chi connectivity index (χ3v) is 5.62. The van der Waals surface area contributed by atoms with Gasteiger partial charge in [-0.05, 0) is 56.0 Å². The van der Waals surface area contributed by atoms with E-state index in [0.29, 0.717) is 31.4 Å². The molecular weight excluding hydrogens is 343 g/mol. The van der Waals surface area contributed by atoms with Gasteiger partial charge in [0.25, 0.3) is 0 Å². The van der Waals surface area contributed by atoms with Crippen molar-refractivity contribution < 1.29 is 9.18 Å². The molecule has 5 nitrogen and oxygen atoms in total. The molecule has 0 atom stereocenters. The Hall–Kier alpha value is -2.50. The zero-order valence-corrected chi connectivity index (χ0v) is 15.7. The molecule has 2 amide bonds. The standard InChI is InChI=1S/C21H25FN4O/c1-14-18-10-12-26(21(27)24-17-4-2-3-5-17)13-11-19(18)25-20(23-14)15-6-8-16(22)9-7-15/h6-9,17H,2-5,10-13H2,1H3,(H,24,27). The maximum atomic E-state index is 13.2. The molecule has 1 N–H and O–H groups in total. The second kappa shape index (κ2) is 7.62. The van der Waals surface area contributed by atoms with E-state index in [-0.39, 0.29) is 11.8 Å². The summed E-state index contributed by atoms with van der Waals surface area (Å²) in [6, 6.07) is 6.63. The number of carbonyl (C=O) groups is 1. The van der Waals surface area contributed by atoms with Crippen molar-refractivity contribution in [3.05, 3.63) is 47.0 Å². The molecule has 2 aromatic rings. The van der Waals surface area contributed by atoms with Gasteiger partial charge in [0.15, 0.2) is 5.82 Å². The lowest BCUT2D eigenvalue weighted by molar-refractivity contribution is 0.196. The van der Waals surface area contributed by atoms with Crippen molar-refractivity contribution in [2.24, 2.45) is 0 Å². The Bertz CT molecular complexity index is 831. The molecule has 4 rings (SSSR count). The van der Waals surface area contributed by atoms with Crippen molar-refractivity contribution in [2.75, 3.05) is 13.1 Å². The van der Waals surface area contributed by atoms with E-state index in [0.717, 1.165) is 41.8 Å². The summed E-state index contributed by atoms with van der Waals surface area (Å²) >= 11 is 0. The molecule has 0 saturated heterocycles. The molecule has 6 heteroatoms. The highest BCUT2D eigenvalue weighted by atomic mass is 19.1. The highest BCUT2D eigenvalue weighted by molar-refractivity contribution is 5.74. The molecule has 1 aliphatic heterocycles. The van der Waals surface area contributed by atoms with Gasteiger partial charge in [-0.3, -0.25) is 0 Å². The second-order valence-corrected chi connectivity index (χ2v) is 7.48. The van der Waals surface area contributed by atoms with Crippen LogP contribution in [0, 0.1) is 12.7 Å². The molecule has 1 saturated carbocycles. The minimum Gasteiger partial charge on any atom is -0.335 e. The molecule has 0 spiro atoms. The van der Waals surface area contributed by atoms with Crippen LogP contribution in [0.3, 0.4) is 0 Å². The van der Waals surface area contributed by atoms with Crippen molar-refractivity contribution in [1.29, 1.82) is 0 Å². The molecule has 1 aliphatic carbocycles. The molecule has 2 aliphatic rings. The number of rotatable bonds is 2. The number of halogens is 1. The lowest BCUT2D eigenvalue weighted by Crippen LogP contribution is -2.45. The summed E-state index contributed by atoms with van der Waals surface area (Å²) in [7, 11) is 0. The van der Waals surface area contributed by atoms with Crippen LogP contribution in [0.5, 0.6) is 0 Å². The summed E-state index contributed by atoms with van der Waals surface area (Å²) in [6.07, 6.45) is 6.07. The fourth-order valence-electron chi connectivity index (χ4n) is 4.05. The van der Waals surface area contributed by atoms with E-state index in [4.69, 9.17) is 4.98 Å². The van der Waals surface area contributed by atoms with E-state index >= 15 is 0 Å². The largest absolute Gasteiger partial charge is 0.335 e. The highest BCUT2D eigenvalue weighted by Gasteiger charge is 2.24. The van der Waals surface area contributed by atoms with Gasteiger partial charge in [-0.1, -0.05) is 12.8 Å². The van der Waals surface area contributed by atoms with E-state index in [1.165, 1.54) is 25.0 Å². The van der Waals surface area contributed by atoms with Crippen molar-refractivity contribution in [3.8, 4) is 11.4 Å². The molecule has 1 aromatic heterocycles. The summed E-state index contributed by atoms with van der Waals surface area (Å²) in [6.45, 7) is 3.33. The Morgan fingerprint density at radius 2 is 1.81 bits per heavy atom. The Balaban J connectivity index is 1.50. The van der Waals surface area contributed by atoms with Crippen LogP contribution in [-0.4, -0.2) is 40.0 Å². The van der Waals surface area contributed by atoms with Gasteiger partial charge >= 0.3 is 6.03 Å². The summed E-state index contributed by atoms with van der Waals surface area (Å²) in [5.74, 6) is 0.351. The van der Waals surface area contributed by atoms with Gasteiger partial charge < -0.3 is 10.2 Å². The maximum Gasteiger partial charge on any atom is 0.317 e. The van der Waals surface area contributed by atoms with Crippen LogP contribution in [0.25, 0.3) is 11.4 Å². The molecule has 1 fully saturated rings. The van der Waals surface area contributed by atoms with Gasteiger partial charge in [0, 0.05) is 42.5 Å². The highest BCUT2D eigenvalue weighted by Crippen LogP contribution is 2.23. The number of benzene rings is 1. The Kier molecular flexibility index (Phi) is 5.05. The zero-order valence-electron chi connectivity index (χ0n) is 15.7. The molecule has 0 unspecified atom stereocenters. The summed E-state index contributed by atoms with van der Waals surface area (Å²) in [5.41, 5.74) is 3.88. The third kappa shape index (κ3) is 3.94. The number of nitrogens with one attached hydrogen (secondary N) is 1. The molecular formula is C21H25FN4O. The monoisotopic (exact) mass is 368 g/mol. The average molecular weight is 368 g/mol. The van der Waals surface area contributed by atoms with Gasteiger partial charge in [-0.25, -0.2) is 19.2 Å². The minimum atomic E-state index is -0.269. The fourth-order valence-corrected chi connectivity index (χ4v) is 4.05. The molecule has 2 heterocycles. The predicted molar refractivity (Wildman–Crippen MR) is 102 cm³/mol. The van der Waals surface area contributed by atoms with Gasteiger partial charge in [0.1, 0.15) is 5.82 Å². The van der Waals surface area contributed by atoms with Crippen molar-refractivity contribution in [1.82, 2.24) is 20.2 Å². The molecule has 1 aromatic carbocycles. The number of aromatic nitrogens is 2. The number of amides is 2. The number of carbonyl (C=O) groups excluding carboxylic acids is 1. The fraction of sp³-hybridized carbons (Fsp3) is 0.476. The van der Waals surface area contributed by atoms with Crippen LogP contribution in [0.4, 0.5) is 9.18 Å². The Labute approximate surface area is 159 Å². The van der Waals surface area contributed by atoms with Crippen LogP contribution < -0.4 is 5.32 Å². The first-order valence-corrected chi connectivity index (χ1v) is 9.78. The van der Waals surface area contributed by atoms with E-state index in [9.17, 15) is 9.18 Å². The number of hydrogen-bond acceptors (Lipinski definition) is 3. The van der Waals surface area contributed by atoms with Gasteiger partial charge in [0.05, 0.1) is 0 Å². The predicted octanol–water partition coefficient (Wildman–Crippen LogP) is 3.64. The number of hydrogen-bond donors (Lipinski definition) is 1. The van der Waals surface area contributed by atoms with E-state index in [2.05, 4.69) is 10.3 Å². The summed E-state index contributed by atoms with van der Waals surface area (Å²) < 4.78 is 13.2. The van der Waals surface area contributed by atoms with Crippen LogP contribution >= 0.6 is 0 Å². The second-order valence-electron chi connectivity index (χ2n) is 7.48. The molecule has 0 bridgehead atoms. The smallest absolute Gasteiger partial charge is 0.317 e. The van der Waals surface area contributed by atoms with Crippen molar-refractivity contribution in [2.45, 2.75) is 51.5 Å². The minimum absolute atomic E-state index is 0.0408. The number of nitrogens with zero attached hydrogens (tertiary/aromatic N) is 3. The average Bonchev–Trinajstić information content (AvgIpc) is 3.06. The van der Waals surface area contributed by atoms with Gasteiger partial charge in [0.2, 0.25) is 0 Å². The van der Waals surface area contributed by atoms with Gasteiger partial charge in [-0.2, -0.15) is 0 Å². The topological polar surface area (TPSA) is 58.1 Å². The first-order chi connectivity index (χ1) is 13.1. The number of aryl methyl sites for hydroxylation is 1. The molecule has 142 valence electrons. The van der Waals surface area contributed by atoms with Crippen molar-refractivity contribution in [3.63, 3.8) is 0 Å². The third-order valence-electron chi connectivity index (χ3n) is 5.62. The first-order valence-electron chi connectivity index (χ1n) is 9.78. The Morgan fingerprint density at radius 3 is 2.56 bits per heavy atom. The number of urea groups is 1. The summed E-state index contributed by atoms with van der Waals surface area (Å²) in [5, 5.41) is 3.18. The molecule has 0 radical (unpaired) electrons.